The average Bonchev–Trinajstić information content (AvgIpc) is 2.27. The number of hydrogen-bond acceptors (Lipinski definition) is 3. The lowest BCUT2D eigenvalue weighted by Crippen LogP contribution is -2.27. The van der Waals surface area contributed by atoms with E-state index >= 15 is 0 Å². The molecular formula is C12H18BrN3O. The molecule has 0 saturated heterocycles. The van der Waals surface area contributed by atoms with E-state index in [-0.39, 0.29) is 5.91 Å². The van der Waals surface area contributed by atoms with E-state index in [0.717, 1.165) is 17.4 Å². The maximum atomic E-state index is 11.8. The van der Waals surface area contributed by atoms with Crippen LogP contribution in [0.15, 0.2) is 22.7 Å². The first kappa shape index (κ1) is 14.0. The summed E-state index contributed by atoms with van der Waals surface area (Å²) in [6, 6.07) is 5.21. The summed E-state index contributed by atoms with van der Waals surface area (Å²) >= 11 is 3.30. The van der Waals surface area contributed by atoms with E-state index in [1.165, 1.54) is 0 Å². The van der Waals surface area contributed by atoms with Crippen LogP contribution in [0.4, 0.5) is 5.69 Å². The molecule has 0 radical (unpaired) electrons. The number of rotatable bonds is 5. The fraction of sp³-hybridized carbons (Fsp3) is 0.417. The van der Waals surface area contributed by atoms with Gasteiger partial charge in [-0.25, -0.2) is 0 Å². The highest BCUT2D eigenvalue weighted by molar-refractivity contribution is 9.10. The molecular weight excluding hydrogens is 282 g/mol. The van der Waals surface area contributed by atoms with Crippen LogP contribution in [0.2, 0.25) is 0 Å². The Hall–Kier alpha value is -1.07. The summed E-state index contributed by atoms with van der Waals surface area (Å²) in [6.07, 6.45) is 0.935. The number of nitrogens with zero attached hydrogens (tertiary/aromatic N) is 1. The van der Waals surface area contributed by atoms with Gasteiger partial charge in [0.1, 0.15) is 0 Å². The van der Waals surface area contributed by atoms with Gasteiger partial charge in [-0.05, 0) is 61.2 Å². The van der Waals surface area contributed by atoms with Crippen molar-refractivity contribution in [3.05, 3.63) is 28.2 Å². The number of carbonyl (C=O) groups is 1. The van der Waals surface area contributed by atoms with Crippen LogP contribution in [0.3, 0.4) is 0 Å². The van der Waals surface area contributed by atoms with Gasteiger partial charge in [0.25, 0.3) is 5.91 Å². The first-order valence-corrected chi connectivity index (χ1v) is 6.28. The monoisotopic (exact) mass is 299 g/mol. The third-order valence-electron chi connectivity index (χ3n) is 2.33. The van der Waals surface area contributed by atoms with Crippen LogP contribution in [0.1, 0.15) is 16.8 Å². The molecule has 0 bridgehead atoms. The smallest absolute Gasteiger partial charge is 0.251 e. The molecule has 0 aliphatic carbocycles. The molecule has 0 fully saturated rings. The van der Waals surface area contributed by atoms with Crippen LogP contribution in [-0.2, 0) is 0 Å². The number of carbonyl (C=O) groups excluding carboxylic acids is 1. The van der Waals surface area contributed by atoms with Crippen LogP contribution in [0, 0.1) is 0 Å². The maximum absolute atomic E-state index is 11.8. The van der Waals surface area contributed by atoms with E-state index in [2.05, 4.69) is 26.1 Å². The highest BCUT2D eigenvalue weighted by Crippen LogP contribution is 2.19. The second kappa shape index (κ2) is 6.61. The fourth-order valence-electron chi connectivity index (χ4n) is 1.38. The molecule has 94 valence electrons. The van der Waals surface area contributed by atoms with E-state index in [1.54, 1.807) is 18.2 Å². The van der Waals surface area contributed by atoms with Crippen molar-refractivity contribution in [2.24, 2.45) is 0 Å². The molecule has 0 atom stereocenters. The van der Waals surface area contributed by atoms with Crippen LogP contribution in [0.5, 0.6) is 0 Å². The van der Waals surface area contributed by atoms with Crippen LogP contribution < -0.4 is 11.1 Å². The van der Waals surface area contributed by atoms with Gasteiger partial charge in [0.2, 0.25) is 0 Å². The lowest BCUT2D eigenvalue weighted by Gasteiger charge is -2.10. The molecule has 1 rings (SSSR count). The number of amides is 1. The topological polar surface area (TPSA) is 58.4 Å². The number of halogens is 1. The van der Waals surface area contributed by atoms with Gasteiger partial charge in [-0.3, -0.25) is 4.79 Å². The molecule has 17 heavy (non-hydrogen) atoms. The zero-order chi connectivity index (χ0) is 12.8. The summed E-state index contributed by atoms with van der Waals surface area (Å²) in [4.78, 5) is 13.8. The van der Waals surface area contributed by atoms with E-state index in [4.69, 9.17) is 5.73 Å². The lowest BCUT2D eigenvalue weighted by molar-refractivity contribution is 0.0952. The van der Waals surface area contributed by atoms with E-state index in [1.807, 2.05) is 14.1 Å². The highest BCUT2D eigenvalue weighted by Gasteiger charge is 2.06. The predicted molar refractivity (Wildman–Crippen MR) is 74.1 cm³/mol. The van der Waals surface area contributed by atoms with Gasteiger partial charge in [0, 0.05) is 22.3 Å². The minimum Gasteiger partial charge on any atom is -0.398 e. The average molecular weight is 300 g/mol. The minimum atomic E-state index is -0.0806. The Kier molecular flexibility index (Phi) is 5.44. The molecule has 0 heterocycles. The van der Waals surface area contributed by atoms with Crippen LogP contribution >= 0.6 is 15.9 Å². The maximum Gasteiger partial charge on any atom is 0.251 e. The quantitative estimate of drug-likeness (QED) is 0.643. The first-order valence-electron chi connectivity index (χ1n) is 5.48. The van der Waals surface area contributed by atoms with E-state index in [9.17, 15) is 4.79 Å². The summed E-state index contributed by atoms with van der Waals surface area (Å²) in [5.74, 6) is -0.0806. The Balaban J connectivity index is 2.44. The zero-order valence-electron chi connectivity index (χ0n) is 10.2. The third-order valence-corrected chi connectivity index (χ3v) is 3.05. The number of hydrogen-bond donors (Lipinski definition) is 2. The van der Waals surface area contributed by atoms with Gasteiger partial charge < -0.3 is 16.0 Å². The number of nitrogen functional groups attached to an aromatic ring is 1. The Morgan fingerprint density at radius 2 is 2.18 bits per heavy atom. The lowest BCUT2D eigenvalue weighted by atomic mass is 10.2. The largest absolute Gasteiger partial charge is 0.398 e. The van der Waals surface area contributed by atoms with Crippen LogP contribution in [0.25, 0.3) is 0 Å². The summed E-state index contributed by atoms with van der Waals surface area (Å²) in [5.41, 5.74) is 6.89. The molecule has 0 spiro atoms. The van der Waals surface area contributed by atoms with Crippen molar-refractivity contribution in [3.8, 4) is 0 Å². The van der Waals surface area contributed by atoms with Gasteiger partial charge in [-0.1, -0.05) is 0 Å². The molecule has 1 aromatic rings. The summed E-state index contributed by atoms with van der Waals surface area (Å²) in [7, 11) is 4.02. The zero-order valence-corrected chi connectivity index (χ0v) is 11.8. The Morgan fingerprint density at radius 1 is 1.47 bits per heavy atom. The van der Waals surface area contributed by atoms with E-state index in [0.29, 0.717) is 17.8 Å². The molecule has 1 amide bonds. The van der Waals surface area contributed by atoms with Crippen molar-refractivity contribution in [1.29, 1.82) is 0 Å². The standard InChI is InChI=1S/C12H18BrN3O/c1-16(2)7-3-6-15-12(17)9-4-5-10(13)11(14)8-9/h4-5,8H,3,6-7,14H2,1-2H3,(H,15,17). The fourth-order valence-corrected chi connectivity index (χ4v) is 1.63. The molecule has 1 aromatic carbocycles. The predicted octanol–water partition coefficient (Wildman–Crippen LogP) is 1.71. The molecule has 4 nitrogen and oxygen atoms in total. The molecule has 0 aliphatic heterocycles. The Bertz CT molecular complexity index is 393. The summed E-state index contributed by atoms with van der Waals surface area (Å²) in [5, 5.41) is 2.86. The third kappa shape index (κ3) is 4.75. The van der Waals surface area contributed by atoms with Crippen molar-refractivity contribution in [2.75, 3.05) is 32.9 Å². The normalized spacial score (nSPS) is 10.6. The van der Waals surface area contributed by atoms with Crippen molar-refractivity contribution in [3.63, 3.8) is 0 Å². The second-order valence-corrected chi connectivity index (χ2v) is 5.00. The number of nitrogens with two attached hydrogens (primary N) is 1. The van der Waals surface area contributed by atoms with Crippen molar-refractivity contribution >= 4 is 27.5 Å². The summed E-state index contributed by atoms with van der Waals surface area (Å²) < 4.78 is 0.807. The van der Waals surface area contributed by atoms with Crippen LogP contribution in [-0.4, -0.2) is 38.0 Å². The highest BCUT2D eigenvalue weighted by atomic mass is 79.9. The second-order valence-electron chi connectivity index (χ2n) is 4.15. The first-order chi connectivity index (χ1) is 8.00. The van der Waals surface area contributed by atoms with Gasteiger partial charge in [-0.2, -0.15) is 0 Å². The van der Waals surface area contributed by atoms with E-state index < -0.39 is 0 Å². The van der Waals surface area contributed by atoms with Gasteiger partial charge in [0.05, 0.1) is 0 Å². The SMILES string of the molecule is CN(C)CCCNC(=O)c1ccc(Br)c(N)c1. The Labute approximate surface area is 110 Å². The molecule has 0 unspecified atom stereocenters. The number of nitrogens with one attached hydrogen (secondary N) is 1. The molecule has 0 aliphatic rings. The molecule has 0 aromatic heterocycles. The molecule has 5 heteroatoms. The number of benzene rings is 1. The van der Waals surface area contributed by atoms with Gasteiger partial charge in [-0.15, -0.1) is 0 Å². The number of anilines is 1. The van der Waals surface area contributed by atoms with Crippen molar-refractivity contribution in [1.82, 2.24) is 10.2 Å². The summed E-state index contributed by atoms with van der Waals surface area (Å²) in [6.45, 7) is 1.63. The molecule has 0 saturated carbocycles. The minimum absolute atomic E-state index is 0.0806. The van der Waals surface area contributed by atoms with Gasteiger partial charge >= 0.3 is 0 Å². The van der Waals surface area contributed by atoms with Gasteiger partial charge in [0.15, 0.2) is 0 Å². The molecule has 3 N–H and O–H groups in total. The van der Waals surface area contributed by atoms with Crippen molar-refractivity contribution in [2.45, 2.75) is 6.42 Å². The van der Waals surface area contributed by atoms with Crippen molar-refractivity contribution < 1.29 is 4.79 Å². The Morgan fingerprint density at radius 3 is 2.76 bits per heavy atom.